The standard InChI is InChI=1S/C20H21ClN6OS2/c1-14-5-6-15(12-16(14)21)23-19-24-25-20(30-19)29-13-18(28)27-10-8-26(9-11-27)17-4-2-3-7-22-17/h2-7,12H,8-11,13H2,1H3,(H,23,24). The maximum absolute atomic E-state index is 12.6. The van der Waals surface area contributed by atoms with Crippen LogP contribution in [-0.2, 0) is 4.79 Å². The molecule has 156 valence electrons. The van der Waals surface area contributed by atoms with Crippen molar-refractivity contribution in [3.05, 3.63) is 53.2 Å². The van der Waals surface area contributed by atoms with E-state index in [-0.39, 0.29) is 5.91 Å². The molecule has 7 nitrogen and oxygen atoms in total. The number of thioether (sulfide) groups is 1. The molecule has 3 heterocycles. The molecule has 10 heteroatoms. The molecule has 0 spiro atoms. The molecule has 2 aromatic heterocycles. The first-order valence-corrected chi connectivity index (χ1v) is 11.7. The molecular formula is C20H21ClN6OS2. The molecule has 1 N–H and O–H groups in total. The second-order valence-corrected chi connectivity index (χ2v) is 9.41. The second kappa shape index (κ2) is 9.63. The summed E-state index contributed by atoms with van der Waals surface area (Å²) in [5.41, 5.74) is 1.88. The van der Waals surface area contributed by atoms with E-state index in [0.29, 0.717) is 29.0 Å². The van der Waals surface area contributed by atoms with Crippen LogP contribution in [-0.4, -0.2) is 57.9 Å². The number of nitrogens with one attached hydrogen (secondary N) is 1. The van der Waals surface area contributed by atoms with Crippen molar-refractivity contribution in [3.63, 3.8) is 0 Å². The van der Waals surface area contributed by atoms with Crippen LogP contribution in [0.25, 0.3) is 0 Å². The zero-order chi connectivity index (χ0) is 20.9. The number of nitrogens with zero attached hydrogens (tertiary/aromatic N) is 5. The van der Waals surface area contributed by atoms with Gasteiger partial charge in [-0.25, -0.2) is 4.98 Å². The summed E-state index contributed by atoms with van der Waals surface area (Å²) < 4.78 is 0.760. The molecule has 30 heavy (non-hydrogen) atoms. The summed E-state index contributed by atoms with van der Waals surface area (Å²) in [6.07, 6.45) is 1.79. The summed E-state index contributed by atoms with van der Waals surface area (Å²) >= 11 is 9.00. The third-order valence-electron chi connectivity index (χ3n) is 4.75. The fourth-order valence-corrected chi connectivity index (χ4v) is 4.91. The van der Waals surface area contributed by atoms with Gasteiger partial charge in [0.05, 0.1) is 5.75 Å². The predicted octanol–water partition coefficient (Wildman–Crippen LogP) is 4.08. The van der Waals surface area contributed by atoms with Crippen molar-refractivity contribution in [1.82, 2.24) is 20.1 Å². The predicted molar refractivity (Wildman–Crippen MR) is 123 cm³/mol. The van der Waals surface area contributed by atoms with Crippen molar-refractivity contribution < 1.29 is 4.79 Å². The maximum Gasteiger partial charge on any atom is 0.233 e. The molecule has 0 saturated carbocycles. The van der Waals surface area contributed by atoms with Gasteiger partial charge >= 0.3 is 0 Å². The van der Waals surface area contributed by atoms with E-state index in [2.05, 4.69) is 25.4 Å². The number of aryl methyl sites for hydroxylation is 1. The number of carbonyl (C=O) groups is 1. The second-order valence-electron chi connectivity index (χ2n) is 6.81. The van der Waals surface area contributed by atoms with Crippen molar-refractivity contribution in [2.24, 2.45) is 0 Å². The highest BCUT2D eigenvalue weighted by Gasteiger charge is 2.22. The highest BCUT2D eigenvalue weighted by atomic mass is 35.5. The number of aromatic nitrogens is 3. The lowest BCUT2D eigenvalue weighted by Crippen LogP contribution is -2.49. The number of hydrogen-bond donors (Lipinski definition) is 1. The molecule has 0 aliphatic carbocycles. The van der Waals surface area contributed by atoms with E-state index in [1.165, 1.54) is 23.1 Å². The maximum atomic E-state index is 12.6. The molecule has 1 aliphatic rings. The third kappa shape index (κ3) is 5.21. The third-order valence-corrected chi connectivity index (χ3v) is 7.12. The van der Waals surface area contributed by atoms with Gasteiger partial charge in [0.1, 0.15) is 5.82 Å². The van der Waals surface area contributed by atoms with E-state index >= 15 is 0 Å². The van der Waals surface area contributed by atoms with Crippen molar-refractivity contribution in [2.75, 3.05) is 42.1 Å². The Morgan fingerprint density at radius 1 is 1.20 bits per heavy atom. The smallest absolute Gasteiger partial charge is 0.233 e. The van der Waals surface area contributed by atoms with E-state index in [1.807, 2.05) is 48.2 Å². The molecule has 3 aromatic rings. The molecule has 0 bridgehead atoms. The Balaban J connectivity index is 1.25. The van der Waals surface area contributed by atoms with Crippen LogP contribution >= 0.6 is 34.7 Å². The van der Waals surface area contributed by atoms with E-state index in [1.54, 1.807) is 6.20 Å². The fraction of sp³-hybridized carbons (Fsp3) is 0.300. The number of hydrogen-bond acceptors (Lipinski definition) is 8. The Bertz CT molecular complexity index is 1010. The summed E-state index contributed by atoms with van der Waals surface area (Å²) in [5.74, 6) is 1.44. The molecule has 1 aromatic carbocycles. The van der Waals surface area contributed by atoms with Gasteiger partial charge in [0, 0.05) is 43.1 Å². The number of carbonyl (C=O) groups excluding carboxylic acids is 1. The minimum Gasteiger partial charge on any atom is -0.353 e. The van der Waals surface area contributed by atoms with Gasteiger partial charge in [0.15, 0.2) is 4.34 Å². The average Bonchev–Trinajstić information content (AvgIpc) is 3.22. The van der Waals surface area contributed by atoms with Gasteiger partial charge in [-0.2, -0.15) is 0 Å². The summed E-state index contributed by atoms with van der Waals surface area (Å²) in [4.78, 5) is 21.1. The van der Waals surface area contributed by atoms with Gasteiger partial charge < -0.3 is 15.1 Å². The number of benzene rings is 1. The molecule has 1 aliphatic heterocycles. The van der Waals surface area contributed by atoms with Crippen LogP contribution in [0.3, 0.4) is 0 Å². The topological polar surface area (TPSA) is 74.2 Å². The number of anilines is 3. The van der Waals surface area contributed by atoms with Crippen LogP contribution in [0.5, 0.6) is 0 Å². The number of piperazine rings is 1. The van der Waals surface area contributed by atoms with E-state index < -0.39 is 0 Å². The molecular weight excluding hydrogens is 440 g/mol. The Hall–Kier alpha value is -2.36. The van der Waals surface area contributed by atoms with Crippen LogP contribution < -0.4 is 10.2 Å². The van der Waals surface area contributed by atoms with Gasteiger partial charge in [0.2, 0.25) is 11.0 Å². The lowest BCUT2D eigenvalue weighted by Gasteiger charge is -2.35. The zero-order valence-electron chi connectivity index (χ0n) is 16.4. The largest absolute Gasteiger partial charge is 0.353 e. The van der Waals surface area contributed by atoms with Crippen molar-refractivity contribution in [2.45, 2.75) is 11.3 Å². The van der Waals surface area contributed by atoms with Gasteiger partial charge in [0.25, 0.3) is 0 Å². The molecule has 1 amide bonds. The van der Waals surface area contributed by atoms with Crippen LogP contribution in [0, 0.1) is 6.92 Å². The Labute approximate surface area is 188 Å². The first-order valence-electron chi connectivity index (χ1n) is 9.52. The van der Waals surface area contributed by atoms with Crippen LogP contribution in [0.4, 0.5) is 16.6 Å². The van der Waals surface area contributed by atoms with Crippen LogP contribution in [0.15, 0.2) is 46.9 Å². The highest BCUT2D eigenvalue weighted by Crippen LogP contribution is 2.29. The molecule has 0 radical (unpaired) electrons. The quantitative estimate of drug-likeness (QED) is 0.555. The summed E-state index contributed by atoms with van der Waals surface area (Å²) in [5, 5.41) is 12.9. The molecule has 1 saturated heterocycles. The van der Waals surface area contributed by atoms with Crippen molar-refractivity contribution in [3.8, 4) is 0 Å². The summed E-state index contributed by atoms with van der Waals surface area (Å²) in [7, 11) is 0. The van der Waals surface area contributed by atoms with E-state index in [4.69, 9.17) is 11.6 Å². The van der Waals surface area contributed by atoms with Gasteiger partial charge in [-0.15, -0.1) is 10.2 Å². The van der Waals surface area contributed by atoms with E-state index in [0.717, 1.165) is 34.5 Å². The van der Waals surface area contributed by atoms with Crippen LogP contribution in [0.1, 0.15) is 5.56 Å². The van der Waals surface area contributed by atoms with Gasteiger partial charge in [-0.05, 0) is 36.8 Å². The number of halogens is 1. The molecule has 0 atom stereocenters. The van der Waals surface area contributed by atoms with E-state index in [9.17, 15) is 4.79 Å². The first-order chi connectivity index (χ1) is 14.6. The minimum absolute atomic E-state index is 0.121. The SMILES string of the molecule is Cc1ccc(Nc2nnc(SCC(=O)N3CCN(c4ccccn4)CC3)s2)cc1Cl. The zero-order valence-corrected chi connectivity index (χ0v) is 18.8. The number of amides is 1. The fourth-order valence-electron chi connectivity index (χ4n) is 3.05. The van der Waals surface area contributed by atoms with Crippen LogP contribution in [0.2, 0.25) is 5.02 Å². The number of pyridine rings is 1. The highest BCUT2D eigenvalue weighted by molar-refractivity contribution is 8.01. The molecule has 4 rings (SSSR count). The van der Waals surface area contributed by atoms with Crippen molar-refractivity contribution >= 4 is 57.2 Å². The minimum atomic E-state index is 0.121. The Morgan fingerprint density at radius 3 is 2.77 bits per heavy atom. The average molecular weight is 461 g/mol. The van der Waals surface area contributed by atoms with Gasteiger partial charge in [-0.1, -0.05) is 46.8 Å². The van der Waals surface area contributed by atoms with Crippen molar-refractivity contribution in [1.29, 1.82) is 0 Å². The number of rotatable bonds is 6. The molecule has 0 unspecified atom stereocenters. The Morgan fingerprint density at radius 2 is 2.03 bits per heavy atom. The Kier molecular flexibility index (Phi) is 6.71. The lowest BCUT2D eigenvalue weighted by molar-refractivity contribution is -0.128. The first kappa shape index (κ1) is 20.9. The monoisotopic (exact) mass is 460 g/mol. The van der Waals surface area contributed by atoms with Gasteiger partial charge in [-0.3, -0.25) is 4.79 Å². The molecule has 1 fully saturated rings. The normalized spacial score (nSPS) is 14.1. The lowest BCUT2D eigenvalue weighted by atomic mass is 10.2. The summed E-state index contributed by atoms with van der Waals surface area (Å²) in [6.45, 7) is 4.94. The summed E-state index contributed by atoms with van der Waals surface area (Å²) in [6, 6.07) is 11.6.